The zero-order valence-electron chi connectivity index (χ0n) is 19.0. The van der Waals surface area contributed by atoms with Crippen LogP contribution in [0.25, 0.3) is 0 Å². The topological polar surface area (TPSA) is 68.6 Å². The molecule has 0 aromatic heterocycles. The number of ether oxygens (including phenoxy) is 2. The third kappa shape index (κ3) is 6.87. The Hall–Kier alpha value is -2.74. The van der Waals surface area contributed by atoms with E-state index in [2.05, 4.69) is 6.07 Å². The first-order valence-electron chi connectivity index (χ1n) is 11.1. The highest BCUT2D eigenvalue weighted by molar-refractivity contribution is 7.74. The van der Waals surface area contributed by atoms with Crippen molar-refractivity contribution in [2.24, 2.45) is 0 Å². The molecule has 0 aliphatic rings. The summed E-state index contributed by atoms with van der Waals surface area (Å²) in [5.74, 6) is 0. The fraction of sp³-hybridized carbons (Fsp3) is 0.296. The van der Waals surface area contributed by atoms with Crippen LogP contribution in [0.4, 0.5) is 0 Å². The molecule has 0 radical (unpaired) electrons. The third-order valence-corrected chi connectivity index (χ3v) is 7.98. The lowest BCUT2D eigenvalue weighted by Crippen LogP contribution is -2.21. The van der Waals surface area contributed by atoms with Gasteiger partial charge in [0.15, 0.2) is 0 Å². The van der Waals surface area contributed by atoms with Crippen LogP contribution in [0.5, 0.6) is 0 Å². The maximum Gasteiger partial charge on any atom is 0.261 e. The molecule has 5 nitrogen and oxygen atoms in total. The van der Waals surface area contributed by atoms with Gasteiger partial charge in [0.05, 0.1) is 32.3 Å². The molecule has 3 aromatic rings. The molecule has 0 amide bonds. The first kappa shape index (κ1) is 24.9. The van der Waals surface area contributed by atoms with E-state index in [4.69, 9.17) is 19.3 Å². The molecular weight excluding hydrogens is 433 g/mol. The second kappa shape index (κ2) is 13.1. The molecule has 1 unspecified atom stereocenters. The third-order valence-electron chi connectivity index (χ3n) is 5.41. The minimum atomic E-state index is -3.13. The van der Waals surface area contributed by atoms with Crippen LogP contribution in [0.2, 0.25) is 0 Å². The van der Waals surface area contributed by atoms with E-state index >= 15 is 0 Å². The number of nitrogens with zero attached hydrogens (tertiary/aromatic N) is 1. The van der Waals surface area contributed by atoms with Crippen molar-refractivity contribution in [2.45, 2.75) is 25.9 Å². The molecule has 0 saturated carbocycles. The Morgan fingerprint density at radius 3 is 2.15 bits per heavy atom. The van der Waals surface area contributed by atoms with Gasteiger partial charge in [-0.2, -0.15) is 5.26 Å². The van der Waals surface area contributed by atoms with Gasteiger partial charge in [0.1, 0.15) is 0 Å². The first-order valence-corrected chi connectivity index (χ1v) is 12.7. The summed E-state index contributed by atoms with van der Waals surface area (Å²) >= 11 is 0. The Balaban J connectivity index is 1.45. The van der Waals surface area contributed by atoms with Gasteiger partial charge in [0.2, 0.25) is 0 Å². The zero-order chi connectivity index (χ0) is 23.4. The largest absolute Gasteiger partial charge is 0.379 e. The van der Waals surface area contributed by atoms with Gasteiger partial charge in [-0.25, -0.2) is 0 Å². The van der Waals surface area contributed by atoms with Gasteiger partial charge >= 0.3 is 0 Å². The summed E-state index contributed by atoms with van der Waals surface area (Å²) in [7, 11) is -1.63. The second-order valence-corrected chi connectivity index (χ2v) is 10.0. The summed E-state index contributed by atoms with van der Waals surface area (Å²) in [4.78, 5) is 0. The average Bonchev–Trinajstić information content (AvgIpc) is 2.87. The summed E-state index contributed by atoms with van der Waals surface area (Å²) in [5, 5.41) is 10.4. The van der Waals surface area contributed by atoms with Gasteiger partial charge in [0, 0.05) is 24.3 Å². The maximum atomic E-state index is 13.7. The van der Waals surface area contributed by atoms with E-state index in [1.165, 1.54) is 7.11 Å². The number of nitriles is 1. The zero-order valence-corrected chi connectivity index (χ0v) is 19.9. The molecule has 6 heteroatoms. The highest BCUT2D eigenvalue weighted by Crippen LogP contribution is 2.44. The molecule has 0 N–H and O–H groups in total. The summed E-state index contributed by atoms with van der Waals surface area (Å²) in [6.45, 7) is 2.05. The molecule has 0 aliphatic heterocycles. The van der Waals surface area contributed by atoms with E-state index in [-0.39, 0.29) is 0 Å². The van der Waals surface area contributed by atoms with Crippen LogP contribution < -0.4 is 10.6 Å². The van der Waals surface area contributed by atoms with Gasteiger partial charge in [-0.05, 0) is 47.7 Å². The van der Waals surface area contributed by atoms with Crippen molar-refractivity contribution in [1.82, 2.24) is 0 Å². The predicted molar refractivity (Wildman–Crippen MR) is 131 cm³/mol. The highest BCUT2D eigenvalue weighted by atomic mass is 31.2. The molecule has 1 atom stereocenters. The normalized spacial score (nSPS) is 12.7. The monoisotopic (exact) mass is 463 g/mol. The molecule has 0 bridgehead atoms. The minimum Gasteiger partial charge on any atom is -0.379 e. The standard InChI is InChI=1S/C27H30NO4P/c1-30-33(29,26-14-3-2-4-15-26)27-16-8-7-11-24(27)13-9-19-31-20-21-32-22-25-12-6-5-10-23(25)17-18-28/h2-8,10-12,14-16H,9,13,17,19-22H2,1H3. The number of rotatable bonds is 13. The lowest BCUT2D eigenvalue weighted by molar-refractivity contribution is 0.0397. The number of benzene rings is 3. The predicted octanol–water partition coefficient (Wildman–Crippen LogP) is 4.79. The summed E-state index contributed by atoms with van der Waals surface area (Å²) in [6, 6.07) is 27.1. The molecule has 0 fully saturated rings. The number of hydrogen-bond donors (Lipinski definition) is 0. The molecular formula is C27H30NO4P. The Labute approximate surface area is 196 Å². The Kier molecular flexibility index (Phi) is 9.87. The van der Waals surface area contributed by atoms with Crippen LogP contribution in [-0.2, 0) is 38.0 Å². The van der Waals surface area contributed by atoms with Gasteiger partial charge in [-0.15, -0.1) is 0 Å². The van der Waals surface area contributed by atoms with Crippen LogP contribution >= 0.6 is 7.37 Å². The summed E-state index contributed by atoms with van der Waals surface area (Å²) < 4.78 is 30.7. The van der Waals surface area contributed by atoms with E-state index in [0.29, 0.717) is 38.2 Å². The first-order chi connectivity index (χ1) is 16.2. The fourth-order valence-corrected chi connectivity index (χ4v) is 5.80. The van der Waals surface area contributed by atoms with Crippen molar-refractivity contribution >= 4 is 18.0 Å². The maximum absolute atomic E-state index is 13.7. The van der Waals surface area contributed by atoms with Gasteiger partial charge in [-0.1, -0.05) is 60.7 Å². The quantitative estimate of drug-likeness (QED) is 0.269. The Morgan fingerprint density at radius 1 is 0.788 bits per heavy atom. The SMILES string of the molecule is COP(=O)(c1ccccc1)c1ccccc1CCCOCCOCc1ccccc1CC#N. The molecule has 3 aromatic carbocycles. The molecule has 0 saturated heterocycles. The van der Waals surface area contributed by atoms with Crippen LogP contribution in [0, 0.1) is 11.3 Å². The molecule has 0 heterocycles. The fourth-order valence-electron chi connectivity index (χ4n) is 3.70. The second-order valence-electron chi connectivity index (χ2n) is 7.57. The average molecular weight is 464 g/mol. The Morgan fingerprint density at radius 2 is 1.42 bits per heavy atom. The smallest absolute Gasteiger partial charge is 0.261 e. The van der Waals surface area contributed by atoms with Crippen molar-refractivity contribution < 1.29 is 18.6 Å². The van der Waals surface area contributed by atoms with Crippen LogP contribution in [0.15, 0.2) is 78.9 Å². The highest BCUT2D eigenvalue weighted by Gasteiger charge is 2.29. The van der Waals surface area contributed by atoms with Crippen molar-refractivity contribution in [3.63, 3.8) is 0 Å². The molecule has 3 rings (SSSR count). The lowest BCUT2D eigenvalue weighted by Gasteiger charge is -2.20. The minimum absolute atomic E-state index is 0.387. The molecule has 0 spiro atoms. The molecule has 33 heavy (non-hydrogen) atoms. The molecule has 172 valence electrons. The van der Waals surface area contributed by atoms with Crippen molar-refractivity contribution in [2.75, 3.05) is 26.9 Å². The van der Waals surface area contributed by atoms with E-state index in [1.807, 2.05) is 78.9 Å². The van der Waals surface area contributed by atoms with Gasteiger partial charge in [-0.3, -0.25) is 4.57 Å². The summed E-state index contributed by atoms with van der Waals surface area (Å²) in [6.07, 6.45) is 1.94. The van der Waals surface area contributed by atoms with Crippen molar-refractivity contribution in [3.8, 4) is 6.07 Å². The number of hydrogen-bond acceptors (Lipinski definition) is 5. The van der Waals surface area contributed by atoms with E-state index < -0.39 is 7.37 Å². The van der Waals surface area contributed by atoms with Crippen LogP contribution in [0.3, 0.4) is 0 Å². The van der Waals surface area contributed by atoms with Crippen LogP contribution in [0.1, 0.15) is 23.1 Å². The van der Waals surface area contributed by atoms with Crippen LogP contribution in [-0.4, -0.2) is 26.9 Å². The van der Waals surface area contributed by atoms with Gasteiger partial charge in [0.25, 0.3) is 7.37 Å². The number of aryl methyl sites for hydroxylation is 1. The summed E-state index contributed by atoms with van der Waals surface area (Å²) in [5.41, 5.74) is 3.06. The van der Waals surface area contributed by atoms with Crippen molar-refractivity contribution in [3.05, 3.63) is 95.6 Å². The van der Waals surface area contributed by atoms with E-state index in [1.54, 1.807) is 0 Å². The molecule has 0 aliphatic carbocycles. The Bertz CT molecular complexity index is 1090. The van der Waals surface area contributed by atoms with Gasteiger partial charge < -0.3 is 14.0 Å². The van der Waals surface area contributed by atoms with E-state index in [9.17, 15) is 4.57 Å². The lowest BCUT2D eigenvalue weighted by atomic mass is 10.1. The van der Waals surface area contributed by atoms with E-state index in [0.717, 1.165) is 34.8 Å². The van der Waals surface area contributed by atoms with Crippen molar-refractivity contribution in [1.29, 1.82) is 5.26 Å².